The van der Waals surface area contributed by atoms with Crippen LogP contribution in [0.1, 0.15) is 42.4 Å². The van der Waals surface area contributed by atoms with Gasteiger partial charge in [-0.2, -0.15) is 0 Å². The Morgan fingerprint density at radius 3 is 2.13 bits per heavy atom. The molecule has 0 aromatic heterocycles. The van der Waals surface area contributed by atoms with E-state index in [9.17, 15) is 21.6 Å². The third kappa shape index (κ3) is 4.16. The van der Waals surface area contributed by atoms with Gasteiger partial charge in [0.1, 0.15) is 0 Å². The van der Waals surface area contributed by atoms with Crippen molar-refractivity contribution in [2.75, 3.05) is 6.26 Å². The molecule has 2 aromatic rings. The lowest BCUT2D eigenvalue weighted by Gasteiger charge is -2.28. The van der Waals surface area contributed by atoms with E-state index >= 15 is 0 Å². The maximum atomic E-state index is 13.6. The molecule has 0 saturated heterocycles. The minimum absolute atomic E-state index is 0.132. The molecule has 2 aromatic carbocycles. The van der Waals surface area contributed by atoms with Gasteiger partial charge in [0.25, 0.3) is 0 Å². The van der Waals surface area contributed by atoms with Crippen molar-refractivity contribution >= 4 is 25.6 Å². The minimum Gasteiger partial charge on any atom is -0.351 e. The van der Waals surface area contributed by atoms with E-state index in [2.05, 4.69) is 5.32 Å². The second-order valence-corrected chi connectivity index (χ2v) is 12.3. The Morgan fingerprint density at radius 2 is 1.57 bits per heavy atom. The highest BCUT2D eigenvalue weighted by molar-refractivity contribution is 7.93. The Kier molecular flexibility index (Phi) is 6.11. The Bertz CT molecular complexity index is 1160. The minimum atomic E-state index is -3.87. The fourth-order valence-corrected chi connectivity index (χ4v) is 7.00. The van der Waals surface area contributed by atoms with Crippen LogP contribution >= 0.6 is 0 Å². The van der Waals surface area contributed by atoms with Crippen LogP contribution < -0.4 is 5.32 Å². The molecule has 1 N–H and O–H groups in total. The summed E-state index contributed by atoms with van der Waals surface area (Å²) in [4.78, 5) is 13.6. The molecule has 1 aliphatic carbocycles. The summed E-state index contributed by atoms with van der Waals surface area (Å²) in [6, 6.07) is 11.5. The summed E-state index contributed by atoms with van der Waals surface area (Å²) in [7, 11) is -7.17. The van der Waals surface area contributed by atoms with Crippen molar-refractivity contribution in [3.8, 4) is 0 Å². The van der Waals surface area contributed by atoms with E-state index in [0.29, 0.717) is 36.8 Å². The number of carbonyl (C=O) groups is 1. The van der Waals surface area contributed by atoms with Crippen molar-refractivity contribution in [3.63, 3.8) is 0 Å². The van der Waals surface area contributed by atoms with Gasteiger partial charge in [0, 0.05) is 12.8 Å². The fourth-order valence-electron chi connectivity index (χ4n) is 3.97. The monoisotopic (exact) mass is 449 g/mol. The smallest absolute Gasteiger partial charge is 0.242 e. The van der Waals surface area contributed by atoms with Crippen LogP contribution in [0.25, 0.3) is 0 Å². The highest BCUT2D eigenvalue weighted by Crippen LogP contribution is 2.41. The highest BCUT2D eigenvalue weighted by Gasteiger charge is 2.53. The van der Waals surface area contributed by atoms with Crippen LogP contribution in [0.2, 0.25) is 0 Å². The Labute approximate surface area is 178 Å². The molecule has 1 saturated carbocycles. The summed E-state index contributed by atoms with van der Waals surface area (Å²) in [6.07, 6.45) is 3.08. The molecule has 30 heavy (non-hydrogen) atoms. The predicted octanol–water partition coefficient (Wildman–Crippen LogP) is 3.11. The van der Waals surface area contributed by atoms with Crippen molar-refractivity contribution in [1.29, 1.82) is 0 Å². The number of rotatable bonds is 6. The number of nitrogens with one attached hydrogen (secondary N) is 1. The topological polar surface area (TPSA) is 97.4 Å². The van der Waals surface area contributed by atoms with E-state index in [4.69, 9.17) is 0 Å². The molecule has 0 atom stereocenters. The molecule has 6 nitrogen and oxygen atoms in total. The molecule has 0 unspecified atom stereocenters. The van der Waals surface area contributed by atoms with Gasteiger partial charge in [-0.1, -0.05) is 37.1 Å². The van der Waals surface area contributed by atoms with Crippen LogP contribution in [0.3, 0.4) is 0 Å². The van der Waals surface area contributed by atoms with Gasteiger partial charge < -0.3 is 5.32 Å². The molecular formula is C22H27NO5S2. The van der Waals surface area contributed by atoms with Gasteiger partial charge in [0.15, 0.2) is 24.4 Å². The molecule has 0 heterocycles. The molecule has 8 heteroatoms. The Balaban J connectivity index is 1.87. The van der Waals surface area contributed by atoms with E-state index in [1.165, 1.54) is 12.1 Å². The van der Waals surface area contributed by atoms with Crippen LogP contribution in [0.4, 0.5) is 0 Å². The molecule has 1 aliphatic rings. The second-order valence-electron chi connectivity index (χ2n) is 8.07. The van der Waals surface area contributed by atoms with Crippen molar-refractivity contribution < 1.29 is 21.6 Å². The van der Waals surface area contributed by atoms with Crippen LogP contribution in [0, 0.1) is 13.8 Å². The molecule has 1 fully saturated rings. The highest BCUT2D eigenvalue weighted by atomic mass is 32.2. The van der Waals surface area contributed by atoms with E-state index in [-0.39, 0.29) is 16.3 Å². The van der Waals surface area contributed by atoms with E-state index in [1.807, 2.05) is 13.0 Å². The normalized spacial score (nSPS) is 16.4. The molecule has 0 radical (unpaired) electrons. The predicted molar refractivity (Wildman–Crippen MR) is 116 cm³/mol. The van der Waals surface area contributed by atoms with Gasteiger partial charge in [-0.05, 0) is 61.6 Å². The summed E-state index contributed by atoms with van der Waals surface area (Å²) in [5, 5.41) is 2.78. The van der Waals surface area contributed by atoms with Crippen LogP contribution in [0.5, 0.6) is 0 Å². The molecule has 0 bridgehead atoms. The van der Waals surface area contributed by atoms with Gasteiger partial charge in [0.05, 0.1) is 9.79 Å². The maximum Gasteiger partial charge on any atom is 0.242 e. The molecular weight excluding hydrogens is 422 g/mol. The van der Waals surface area contributed by atoms with Gasteiger partial charge >= 0.3 is 0 Å². The largest absolute Gasteiger partial charge is 0.351 e. The number of aryl methyl sites for hydroxylation is 2. The summed E-state index contributed by atoms with van der Waals surface area (Å²) in [5.41, 5.74) is 2.17. The van der Waals surface area contributed by atoms with Crippen LogP contribution in [-0.4, -0.2) is 33.7 Å². The number of carbonyl (C=O) groups excluding carboxylic acids is 1. The number of benzene rings is 2. The zero-order valence-corrected chi connectivity index (χ0v) is 19.1. The van der Waals surface area contributed by atoms with Crippen molar-refractivity contribution in [3.05, 3.63) is 59.2 Å². The first-order valence-electron chi connectivity index (χ1n) is 9.87. The first kappa shape index (κ1) is 22.5. The number of hydrogen-bond acceptors (Lipinski definition) is 5. The van der Waals surface area contributed by atoms with Gasteiger partial charge in [-0.3, -0.25) is 4.79 Å². The van der Waals surface area contributed by atoms with Crippen molar-refractivity contribution in [1.82, 2.24) is 5.32 Å². The summed E-state index contributed by atoms with van der Waals surface area (Å²) < 4.78 is 48.9. The second kappa shape index (κ2) is 8.15. The summed E-state index contributed by atoms with van der Waals surface area (Å²) >= 11 is 0. The lowest BCUT2D eigenvalue weighted by molar-refractivity contribution is -0.123. The van der Waals surface area contributed by atoms with E-state index in [0.717, 1.165) is 11.8 Å². The third-order valence-corrected chi connectivity index (χ3v) is 9.55. The standard InChI is InChI=1S/C22H27NO5S2/c1-16-6-7-17(2)20(14-16)30(27,28)22(12-4-5-13-22)21(24)23-15-18-8-10-19(11-9-18)29(3,25)26/h6-11,14H,4-5,12-13,15H2,1-3H3,(H,23,24). The average molecular weight is 450 g/mol. The molecule has 3 rings (SSSR count). The molecule has 0 spiro atoms. The first-order valence-corrected chi connectivity index (χ1v) is 13.2. The Morgan fingerprint density at radius 1 is 0.967 bits per heavy atom. The van der Waals surface area contributed by atoms with Gasteiger partial charge in [-0.25, -0.2) is 16.8 Å². The van der Waals surface area contributed by atoms with Crippen molar-refractivity contribution in [2.24, 2.45) is 0 Å². The molecule has 1 amide bonds. The van der Waals surface area contributed by atoms with E-state index < -0.39 is 30.3 Å². The number of sulfone groups is 2. The number of hydrogen-bond donors (Lipinski definition) is 1. The average Bonchev–Trinajstić information content (AvgIpc) is 3.19. The van der Waals surface area contributed by atoms with Crippen LogP contribution in [0.15, 0.2) is 52.3 Å². The molecule has 0 aliphatic heterocycles. The Hall–Kier alpha value is -2.19. The van der Waals surface area contributed by atoms with E-state index in [1.54, 1.807) is 31.2 Å². The summed E-state index contributed by atoms with van der Waals surface area (Å²) in [6.45, 7) is 3.71. The zero-order valence-electron chi connectivity index (χ0n) is 17.4. The lowest BCUT2D eigenvalue weighted by Crippen LogP contribution is -2.50. The van der Waals surface area contributed by atoms with Gasteiger partial charge in [0.2, 0.25) is 5.91 Å². The number of amides is 1. The van der Waals surface area contributed by atoms with Gasteiger partial charge in [-0.15, -0.1) is 0 Å². The maximum absolute atomic E-state index is 13.6. The first-order chi connectivity index (χ1) is 14.0. The SMILES string of the molecule is Cc1ccc(C)c(S(=O)(=O)C2(C(=O)NCc3ccc(S(C)(=O)=O)cc3)CCCC2)c1. The zero-order chi connectivity index (χ0) is 22.2. The van der Waals surface area contributed by atoms with Crippen LogP contribution in [-0.2, 0) is 31.0 Å². The third-order valence-electron chi connectivity index (χ3n) is 5.78. The quantitative estimate of drug-likeness (QED) is 0.731. The molecule has 162 valence electrons. The lowest BCUT2D eigenvalue weighted by atomic mass is 10.1. The van der Waals surface area contributed by atoms with Crippen molar-refractivity contribution in [2.45, 2.75) is 60.6 Å². The summed E-state index contributed by atoms with van der Waals surface area (Å²) in [5.74, 6) is -0.493. The fraction of sp³-hybridized carbons (Fsp3) is 0.409.